The first kappa shape index (κ1) is 16.6. The molecule has 1 aromatic carbocycles. The smallest absolute Gasteiger partial charge is 0.235 e. The molecule has 1 N–H and O–H groups in total. The number of thioether (sulfide) groups is 1. The minimum atomic E-state index is -0.0881. The molecule has 0 bridgehead atoms. The van der Waals surface area contributed by atoms with Crippen LogP contribution in [-0.4, -0.2) is 16.6 Å². The van der Waals surface area contributed by atoms with Gasteiger partial charge in [-0.05, 0) is 45.8 Å². The van der Waals surface area contributed by atoms with E-state index in [0.29, 0.717) is 27.4 Å². The number of pyridine rings is 1. The highest BCUT2D eigenvalue weighted by atomic mass is 79.9. The summed E-state index contributed by atoms with van der Waals surface area (Å²) in [6, 6.07) is 9.03. The molecule has 0 spiro atoms. The van der Waals surface area contributed by atoms with Crippen molar-refractivity contribution in [2.45, 2.75) is 5.75 Å². The Morgan fingerprint density at radius 2 is 2.05 bits per heavy atom. The van der Waals surface area contributed by atoms with Crippen LogP contribution in [0.5, 0.6) is 0 Å². The number of hydrogen-bond acceptors (Lipinski definition) is 3. The molecule has 0 atom stereocenters. The van der Waals surface area contributed by atoms with Crippen molar-refractivity contribution in [1.82, 2.24) is 4.98 Å². The molecule has 0 unspecified atom stereocenters. The van der Waals surface area contributed by atoms with Crippen molar-refractivity contribution in [2.75, 3.05) is 11.1 Å². The van der Waals surface area contributed by atoms with Gasteiger partial charge in [0.05, 0.1) is 15.8 Å². The molecule has 0 aliphatic carbocycles. The van der Waals surface area contributed by atoms with E-state index < -0.39 is 0 Å². The molecule has 3 nitrogen and oxygen atoms in total. The summed E-state index contributed by atoms with van der Waals surface area (Å²) in [5.74, 6) is 1.49. The molecule has 0 fully saturated rings. The molecule has 0 aliphatic heterocycles. The summed E-state index contributed by atoms with van der Waals surface area (Å²) >= 11 is 16.6. The zero-order valence-corrected chi connectivity index (χ0v) is 14.7. The third-order valence-electron chi connectivity index (χ3n) is 2.48. The summed E-state index contributed by atoms with van der Waals surface area (Å²) in [6.45, 7) is 0. The number of carbonyl (C=O) groups excluding carboxylic acids is 1. The molecular formula is C14H11BrCl2N2OS. The van der Waals surface area contributed by atoms with Gasteiger partial charge in [-0.15, -0.1) is 11.8 Å². The minimum absolute atomic E-state index is 0.0881. The molecule has 1 amide bonds. The lowest BCUT2D eigenvalue weighted by Gasteiger charge is -2.05. The van der Waals surface area contributed by atoms with Crippen LogP contribution < -0.4 is 5.32 Å². The van der Waals surface area contributed by atoms with Gasteiger partial charge in [0.2, 0.25) is 5.91 Å². The molecule has 0 aliphatic rings. The number of halogens is 3. The maximum Gasteiger partial charge on any atom is 0.235 e. The second-order valence-corrected chi connectivity index (χ2v) is 6.87. The van der Waals surface area contributed by atoms with Crippen molar-refractivity contribution >= 4 is 62.6 Å². The molecule has 110 valence electrons. The molecule has 21 heavy (non-hydrogen) atoms. The highest BCUT2D eigenvalue weighted by Crippen LogP contribution is 2.24. The number of nitrogens with zero attached hydrogens (tertiary/aromatic N) is 1. The normalized spacial score (nSPS) is 10.4. The van der Waals surface area contributed by atoms with Crippen LogP contribution in [0.4, 0.5) is 5.82 Å². The van der Waals surface area contributed by atoms with E-state index in [0.717, 1.165) is 10.0 Å². The van der Waals surface area contributed by atoms with E-state index in [1.807, 2.05) is 18.2 Å². The number of nitrogens with one attached hydrogen (secondary N) is 1. The van der Waals surface area contributed by atoms with Crippen LogP contribution in [0.15, 0.2) is 41.0 Å². The Morgan fingerprint density at radius 1 is 1.24 bits per heavy atom. The van der Waals surface area contributed by atoms with Crippen LogP contribution in [0.3, 0.4) is 0 Å². The maximum atomic E-state index is 11.8. The van der Waals surface area contributed by atoms with Gasteiger partial charge in [-0.3, -0.25) is 4.79 Å². The van der Waals surface area contributed by atoms with Crippen molar-refractivity contribution in [3.63, 3.8) is 0 Å². The van der Waals surface area contributed by atoms with Crippen molar-refractivity contribution in [2.24, 2.45) is 0 Å². The fraction of sp³-hybridized carbons (Fsp3) is 0.143. The second-order valence-electron chi connectivity index (χ2n) is 4.15. The number of carbonyl (C=O) groups is 1. The first-order valence-corrected chi connectivity index (χ1v) is 8.68. The highest BCUT2D eigenvalue weighted by Gasteiger charge is 2.05. The number of benzene rings is 1. The Labute approximate surface area is 145 Å². The highest BCUT2D eigenvalue weighted by molar-refractivity contribution is 9.10. The van der Waals surface area contributed by atoms with Crippen LogP contribution >= 0.6 is 50.9 Å². The molecule has 0 radical (unpaired) electrons. The quantitative estimate of drug-likeness (QED) is 0.758. The van der Waals surface area contributed by atoms with E-state index >= 15 is 0 Å². The predicted octanol–water partition coefficient (Wildman–Crippen LogP) is 5.02. The number of anilines is 1. The van der Waals surface area contributed by atoms with Crippen LogP contribution in [0.2, 0.25) is 10.0 Å². The summed E-state index contributed by atoms with van der Waals surface area (Å²) in [6.07, 6.45) is 1.64. The van der Waals surface area contributed by atoms with Gasteiger partial charge in [0.25, 0.3) is 0 Å². The van der Waals surface area contributed by atoms with Crippen molar-refractivity contribution in [3.8, 4) is 0 Å². The monoisotopic (exact) mass is 404 g/mol. The van der Waals surface area contributed by atoms with Gasteiger partial charge in [0.15, 0.2) is 0 Å². The van der Waals surface area contributed by atoms with E-state index in [9.17, 15) is 4.79 Å². The molecule has 1 aromatic heterocycles. The lowest BCUT2D eigenvalue weighted by atomic mass is 10.2. The van der Waals surface area contributed by atoms with Crippen LogP contribution in [0, 0.1) is 0 Å². The summed E-state index contributed by atoms with van der Waals surface area (Å²) in [5, 5.41) is 3.80. The Hall–Kier alpha value is -0.750. The summed E-state index contributed by atoms with van der Waals surface area (Å²) in [5.41, 5.74) is 1.03. The first-order valence-electron chi connectivity index (χ1n) is 5.97. The van der Waals surface area contributed by atoms with Crippen molar-refractivity contribution in [1.29, 1.82) is 0 Å². The van der Waals surface area contributed by atoms with E-state index in [1.165, 1.54) is 11.8 Å². The standard InChI is InChI=1S/C14H11BrCl2N2OS/c15-10-2-4-13(18-6-10)19-14(20)8-21-7-9-1-3-11(16)12(17)5-9/h1-6H,7-8H2,(H,18,19,20). The zero-order chi connectivity index (χ0) is 15.2. The predicted molar refractivity (Wildman–Crippen MR) is 93.2 cm³/mol. The second kappa shape index (κ2) is 8.03. The van der Waals surface area contributed by atoms with Gasteiger partial charge >= 0.3 is 0 Å². The molecule has 0 saturated carbocycles. The number of rotatable bonds is 5. The van der Waals surface area contributed by atoms with Gasteiger partial charge in [-0.1, -0.05) is 29.3 Å². The Kier molecular flexibility index (Phi) is 6.36. The van der Waals surface area contributed by atoms with E-state index in [2.05, 4.69) is 26.2 Å². The summed E-state index contributed by atoms with van der Waals surface area (Å²) < 4.78 is 0.870. The lowest BCUT2D eigenvalue weighted by molar-refractivity contribution is -0.113. The van der Waals surface area contributed by atoms with Crippen LogP contribution in [0.25, 0.3) is 0 Å². The van der Waals surface area contributed by atoms with E-state index in [4.69, 9.17) is 23.2 Å². The van der Waals surface area contributed by atoms with E-state index in [-0.39, 0.29) is 5.91 Å². The minimum Gasteiger partial charge on any atom is -0.310 e. The number of aromatic nitrogens is 1. The average Bonchev–Trinajstić information content (AvgIpc) is 2.45. The molecule has 1 heterocycles. The summed E-state index contributed by atoms with van der Waals surface area (Å²) in [4.78, 5) is 15.9. The Bertz CT molecular complexity index is 637. The number of hydrogen-bond donors (Lipinski definition) is 1. The van der Waals surface area contributed by atoms with Crippen molar-refractivity contribution in [3.05, 3.63) is 56.6 Å². The molecule has 2 aromatic rings. The fourth-order valence-electron chi connectivity index (χ4n) is 1.52. The average molecular weight is 406 g/mol. The third kappa shape index (κ3) is 5.51. The maximum absolute atomic E-state index is 11.8. The number of amides is 1. The van der Waals surface area contributed by atoms with E-state index in [1.54, 1.807) is 18.3 Å². The van der Waals surface area contributed by atoms with Crippen LogP contribution in [-0.2, 0) is 10.5 Å². The molecule has 0 saturated heterocycles. The van der Waals surface area contributed by atoms with Gasteiger partial charge in [0, 0.05) is 16.4 Å². The van der Waals surface area contributed by atoms with Gasteiger partial charge in [-0.2, -0.15) is 0 Å². The fourth-order valence-corrected chi connectivity index (χ4v) is 2.85. The van der Waals surface area contributed by atoms with Crippen molar-refractivity contribution < 1.29 is 4.79 Å². The molecule has 7 heteroatoms. The summed E-state index contributed by atoms with van der Waals surface area (Å²) in [7, 11) is 0. The largest absolute Gasteiger partial charge is 0.310 e. The van der Waals surface area contributed by atoms with Gasteiger partial charge in [0.1, 0.15) is 5.82 Å². The third-order valence-corrected chi connectivity index (χ3v) is 4.69. The van der Waals surface area contributed by atoms with Gasteiger partial charge in [-0.25, -0.2) is 4.98 Å². The zero-order valence-electron chi connectivity index (χ0n) is 10.8. The Balaban J connectivity index is 1.78. The molecule has 2 rings (SSSR count). The molecular weight excluding hydrogens is 395 g/mol. The lowest BCUT2D eigenvalue weighted by Crippen LogP contribution is -2.15. The van der Waals surface area contributed by atoms with Crippen LogP contribution in [0.1, 0.15) is 5.56 Å². The first-order chi connectivity index (χ1) is 10.0. The SMILES string of the molecule is O=C(CSCc1ccc(Cl)c(Cl)c1)Nc1ccc(Br)cn1. The van der Waals surface area contributed by atoms with Gasteiger partial charge < -0.3 is 5.32 Å². The topological polar surface area (TPSA) is 42.0 Å². The Morgan fingerprint density at radius 3 is 2.71 bits per heavy atom.